The number of benzene rings is 2. The van der Waals surface area contributed by atoms with Crippen molar-refractivity contribution in [1.29, 1.82) is 0 Å². The Morgan fingerprint density at radius 2 is 1.82 bits per heavy atom. The summed E-state index contributed by atoms with van der Waals surface area (Å²) < 4.78 is 24.0. The van der Waals surface area contributed by atoms with Gasteiger partial charge in [-0.05, 0) is 61.7 Å². The highest BCUT2D eigenvalue weighted by Gasteiger charge is 2.33. The second-order valence-corrected chi connectivity index (χ2v) is 9.70. The maximum Gasteiger partial charge on any atom is 0.338 e. The predicted molar refractivity (Wildman–Crippen MR) is 147 cm³/mol. The number of unbranched alkanes of at least 4 members (excludes halogenated alkanes) is 1. The summed E-state index contributed by atoms with van der Waals surface area (Å²) in [5.41, 5.74) is 2.17. The first kappa shape index (κ1) is 27.2. The second-order valence-electron chi connectivity index (χ2n) is 8.69. The molecule has 0 radical (unpaired) electrons. The minimum Gasteiger partial charge on any atom is -0.494 e. The number of ether oxygens (including phenoxy) is 4. The van der Waals surface area contributed by atoms with Gasteiger partial charge in [0.15, 0.2) is 16.3 Å². The Labute approximate surface area is 225 Å². The molecular formula is C29H32N2O6S. The fourth-order valence-electron chi connectivity index (χ4n) is 4.28. The van der Waals surface area contributed by atoms with E-state index in [-0.39, 0.29) is 12.2 Å². The van der Waals surface area contributed by atoms with Gasteiger partial charge in [0.1, 0.15) is 5.75 Å². The molecule has 0 amide bonds. The predicted octanol–water partition coefficient (Wildman–Crippen LogP) is 3.99. The molecule has 0 bridgehead atoms. The Hall–Kier alpha value is -3.85. The smallest absolute Gasteiger partial charge is 0.338 e. The van der Waals surface area contributed by atoms with Gasteiger partial charge in [0.05, 0.1) is 49.3 Å². The number of thiazole rings is 1. The normalized spacial score (nSPS) is 15.1. The topological polar surface area (TPSA) is 88.4 Å². The molecule has 1 aromatic heterocycles. The number of hydrogen-bond donors (Lipinski definition) is 0. The Balaban J connectivity index is 1.83. The summed E-state index contributed by atoms with van der Waals surface area (Å²) in [4.78, 5) is 32.0. The molecule has 200 valence electrons. The second kappa shape index (κ2) is 12.1. The molecule has 3 aromatic rings. The van der Waals surface area contributed by atoms with E-state index >= 15 is 0 Å². The molecule has 2 heterocycles. The van der Waals surface area contributed by atoms with Gasteiger partial charge in [-0.25, -0.2) is 9.79 Å². The van der Waals surface area contributed by atoms with Crippen LogP contribution in [-0.4, -0.2) is 38.0 Å². The van der Waals surface area contributed by atoms with E-state index in [1.807, 2.05) is 30.3 Å². The van der Waals surface area contributed by atoms with Crippen LogP contribution in [0.15, 0.2) is 63.5 Å². The Kier molecular flexibility index (Phi) is 8.68. The van der Waals surface area contributed by atoms with Crippen LogP contribution in [0.5, 0.6) is 17.2 Å². The molecule has 4 rings (SSSR count). The Bertz CT molecular complexity index is 1520. The lowest BCUT2D eigenvalue weighted by atomic mass is 9.96. The number of rotatable bonds is 10. The van der Waals surface area contributed by atoms with Gasteiger partial charge in [0, 0.05) is 0 Å². The van der Waals surface area contributed by atoms with E-state index in [2.05, 4.69) is 11.9 Å². The van der Waals surface area contributed by atoms with E-state index in [0.717, 1.165) is 29.7 Å². The third kappa shape index (κ3) is 5.52. The van der Waals surface area contributed by atoms with Gasteiger partial charge in [-0.15, -0.1) is 0 Å². The third-order valence-corrected chi connectivity index (χ3v) is 7.17. The van der Waals surface area contributed by atoms with E-state index in [9.17, 15) is 9.59 Å². The molecule has 1 aliphatic heterocycles. The van der Waals surface area contributed by atoms with Crippen molar-refractivity contribution in [1.82, 2.24) is 4.57 Å². The van der Waals surface area contributed by atoms with Crippen molar-refractivity contribution < 1.29 is 23.7 Å². The van der Waals surface area contributed by atoms with Gasteiger partial charge in [-0.2, -0.15) is 0 Å². The number of aromatic nitrogens is 1. The van der Waals surface area contributed by atoms with Crippen molar-refractivity contribution in [3.8, 4) is 17.2 Å². The molecule has 0 spiro atoms. The van der Waals surface area contributed by atoms with E-state index in [1.165, 1.54) is 11.3 Å². The zero-order valence-corrected chi connectivity index (χ0v) is 23.1. The first-order valence-electron chi connectivity index (χ1n) is 12.6. The van der Waals surface area contributed by atoms with Crippen LogP contribution in [0.4, 0.5) is 0 Å². The molecule has 8 nitrogen and oxygen atoms in total. The summed E-state index contributed by atoms with van der Waals surface area (Å²) in [6.07, 6.45) is 3.80. The molecule has 0 saturated heterocycles. The lowest BCUT2D eigenvalue weighted by Crippen LogP contribution is -2.39. The highest BCUT2D eigenvalue weighted by molar-refractivity contribution is 7.07. The maximum absolute atomic E-state index is 13.8. The molecule has 9 heteroatoms. The van der Waals surface area contributed by atoms with Crippen LogP contribution in [-0.2, 0) is 9.53 Å². The Morgan fingerprint density at radius 3 is 2.47 bits per heavy atom. The van der Waals surface area contributed by atoms with Crippen LogP contribution >= 0.6 is 11.3 Å². The van der Waals surface area contributed by atoms with Gasteiger partial charge in [0.25, 0.3) is 5.56 Å². The fraction of sp³-hybridized carbons (Fsp3) is 0.345. The van der Waals surface area contributed by atoms with Crippen molar-refractivity contribution >= 4 is 23.4 Å². The van der Waals surface area contributed by atoms with E-state index in [4.69, 9.17) is 18.9 Å². The molecule has 2 aromatic carbocycles. The number of carbonyl (C=O) groups is 1. The first-order chi connectivity index (χ1) is 18.4. The van der Waals surface area contributed by atoms with Gasteiger partial charge in [0.2, 0.25) is 0 Å². The standard InChI is InChI=1S/C29H32N2O6S/c1-6-8-15-37-21-12-10-20(11-13-21)26-25(28(33)36-7-2)18(3)30-29-31(26)27(32)24(38-29)17-19-9-14-22(34-4)23(16-19)35-5/h9-14,16-17,26H,6-8,15H2,1-5H3/b24-17-. The zero-order chi connectivity index (χ0) is 27.2. The number of allylic oxidation sites excluding steroid dienone is 1. The maximum atomic E-state index is 13.8. The Morgan fingerprint density at radius 1 is 1.08 bits per heavy atom. The molecule has 38 heavy (non-hydrogen) atoms. The van der Waals surface area contributed by atoms with Gasteiger partial charge in [-0.1, -0.05) is 42.9 Å². The van der Waals surface area contributed by atoms with E-state index in [1.54, 1.807) is 50.8 Å². The number of nitrogens with zero attached hydrogens (tertiary/aromatic N) is 2. The number of carbonyl (C=O) groups excluding carboxylic acids is 1. The number of hydrogen-bond acceptors (Lipinski definition) is 8. The van der Waals surface area contributed by atoms with Crippen LogP contribution in [0.1, 0.15) is 50.8 Å². The lowest BCUT2D eigenvalue weighted by Gasteiger charge is -2.24. The van der Waals surface area contributed by atoms with Gasteiger partial charge < -0.3 is 18.9 Å². The van der Waals surface area contributed by atoms with Crippen molar-refractivity contribution in [3.63, 3.8) is 0 Å². The van der Waals surface area contributed by atoms with E-state index in [0.29, 0.717) is 38.7 Å². The van der Waals surface area contributed by atoms with Crippen molar-refractivity contribution in [2.75, 3.05) is 27.4 Å². The average Bonchev–Trinajstić information content (AvgIpc) is 3.22. The molecule has 0 N–H and O–H groups in total. The van der Waals surface area contributed by atoms with Crippen LogP contribution in [0.2, 0.25) is 0 Å². The van der Waals surface area contributed by atoms with Crippen LogP contribution < -0.4 is 29.1 Å². The van der Waals surface area contributed by atoms with Crippen molar-refractivity contribution in [3.05, 3.63) is 84.5 Å². The molecular weight excluding hydrogens is 504 g/mol. The van der Waals surface area contributed by atoms with Crippen molar-refractivity contribution in [2.45, 2.75) is 39.7 Å². The average molecular weight is 537 g/mol. The van der Waals surface area contributed by atoms with Gasteiger partial charge in [-0.3, -0.25) is 9.36 Å². The first-order valence-corrected chi connectivity index (χ1v) is 13.4. The summed E-state index contributed by atoms with van der Waals surface area (Å²) in [6.45, 7) is 6.49. The monoisotopic (exact) mass is 536 g/mol. The van der Waals surface area contributed by atoms with E-state index < -0.39 is 12.0 Å². The highest BCUT2D eigenvalue weighted by Crippen LogP contribution is 2.32. The molecule has 1 unspecified atom stereocenters. The molecule has 1 atom stereocenters. The number of fused-ring (bicyclic) bond motifs is 1. The largest absolute Gasteiger partial charge is 0.494 e. The summed E-state index contributed by atoms with van der Waals surface area (Å²) in [7, 11) is 3.14. The van der Waals surface area contributed by atoms with Crippen LogP contribution in [0.3, 0.4) is 0 Å². The number of esters is 1. The fourth-order valence-corrected chi connectivity index (χ4v) is 5.33. The van der Waals surface area contributed by atoms with Crippen molar-refractivity contribution in [2.24, 2.45) is 4.99 Å². The quantitative estimate of drug-likeness (QED) is 0.288. The summed E-state index contributed by atoms with van der Waals surface area (Å²) in [5.74, 6) is 1.41. The summed E-state index contributed by atoms with van der Waals surface area (Å²) in [6, 6.07) is 12.3. The summed E-state index contributed by atoms with van der Waals surface area (Å²) >= 11 is 1.27. The third-order valence-electron chi connectivity index (χ3n) is 6.18. The highest BCUT2D eigenvalue weighted by atomic mass is 32.1. The minimum atomic E-state index is -0.678. The van der Waals surface area contributed by atoms with Crippen LogP contribution in [0, 0.1) is 0 Å². The number of methoxy groups -OCH3 is 2. The SMILES string of the molecule is CCCCOc1ccc(C2C(C(=O)OCC)=C(C)N=c3s/c(=C\c4ccc(OC)c(OC)c4)c(=O)n32)cc1. The summed E-state index contributed by atoms with van der Waals surface area (Å²) in [5, 5.41) is 0. The molecule has 0 fully saturated rings. The molecule has 0 saturated carbocycles. The zero-order valence-electron chi connectivity index (χ0n) is 22.3. The van der Waals surface area contributed by atoms with Gasteiger partial charge >= 0.3 is 5.97 Å². The van der Waals surface area contributed by atoms with Crippen LogP contribution in [0.25, 0.3) is 6.08 Å². The lowest BCUT2D eigenvalue weighted by molar-refractivity contribution is -0.139. The molecule has 1 aliphatic rings. The minimum absolute atomic E-state index is 0.219. The molecule has 0 aliphatic carbocycles.